The standard InChI is InChI=1S/C17H18ClN5/c18-13-4-1-3-12(9-13)17(6-2-7-17)11-20-14-5-8-23-15(10-14)21-16(19)22-23/h1,3-5,8-10,20H,2,6-7,11H2,(H2,19,22). The lowest BCUT2D eigenvalue weighted by molar-refractivity contribution is 0.260. The first-order valence-electron chi connectivity index (χ1n) is 7.77. The van der Waals surface area contributed by atoms with E-state index < -0.39 is 0 Å². The largest absolute Gasteiger partial charge is 0.384 e. The highest BCUT2D eigenvalue weighted by molar-refractivity contribution is 6.30. The minimum Gasteiger partial charge on any atom is -0.384 e. The normalized spacial score (nSPS) is 16.2. The van der Waals surface area contributed by atoms with Gasteiger partial charge in [-0.05, 0) is 36.6 Å². The molecule has 1 aliphatic rings. The number of fused-ring (bicyclic) bond motifs is 1. The zero-order valence-electron chi connectivity index (χ0n) is 12.7. The highest BCUT2D eigenvalue weighted by Gasteiger charge is 2.38. The van der Waals surface area contributed by atoms with E-state index in [0.717, 1.165) is 22.9 Å². The quantitative estimate of drug-likeness (QED) is 0.769. The van der Waals surface area contributed by atoms with E-state index in [4.69, 9.17) is 17.3 Å². The van der Waals surface area contributed by atoms with Crippen molar-refractivity contribution in [1.29, 1.82) is 0 Å². The van der Waals surface area contributed by atoms with Gasteiger partial charge in [-0.2, -0.15) is 4.98 Å². The number of benzene rings is 1. The molecule has 1 saturated carbocycles. The highest BCUT2D eigenvalue weighted by atomic mass is 35.5. The minimum atomic E-state index is 0.170. The van der Waals surface area contributed by atoms with E-state index in [2.05, 4.69) is 27.5 Å². The maximum Gasteiger partial charge on any atom is 0.240 e. The molecule has 0 spiro atoms. The third-order valence-corrected chi connectivity index (χ3v) is 4.97. The molecule has 0 bridgehead atoms. The van der Waals surface area contributed by atoms with Crippen LogP contribution in [0, 0.1) is 0 Å². The first-order chi connectivity index (χ1) is 11.1. The Balaban J connectivity index is 1.56. The molecule has 3 N–H and O–H groups in total. The van der Waals surface area contributed by atoms with Crippen molar-refractivity contribution in [1.82, 2.24) is 14.6 Å². The predicted molar refractivity (Wildman–Crippen MR) is 92.9 cm³/mol. The maximum absolute atomic E-state index is 6.17. The molecule has 0 atom stereocenters. The number of anilines is 2. The number of nitrogens with one attached hydrogen (secondary N) is 1. The molecule has 0 radical (unpaired) electrons. The zero-order chi connectivity index (χ0) is 15.9. The first-order valence-corrected chi connectivity index (χ1v) is 8.14. The lowest BCUT2D eigenvalue weighted by Gasteiger charge is -2.43. The molecule has 3 aromatic rings. The maximum atomic E-state index is 6.17. The van der Waals surface area contributed by atoms with Crippen LogP contribution in [-0.4, -0.2) is 21.1 Å². The van der Waals surface area contributed by atoms with E-state index in [-0.39, 0.29) is 11.4 Å². The van der Waals surface area contributed by atoms with Gasteiger partial charge in [-0.25, -0.2) is 4.52 Å². The third-order valence-electron chi connectivity index (χ3n) is 4.73. The second-order valence-electron chi connectivity index (χ2n) is 6.19. The summed E-state index contributed by atoms with van der Waals surface area (Å²) in [5.74, 6) is 0.288. The molecule has 6 heteroatoms. The molecule has 4 rings (SSSR count). The first kappa shape index (κ1) is 14.3. The van der Waals surface area contributed by atoms with Gasteiger partial charge < -0.3 is 11.1 Å². The molecular formula is C17H18ClN5. The van der Waals surface area contributed by atoms with Crippen LogP contribution in [0.5, 0.6) is 0 Å². The second kappa shape index (κ2) is 5.42. The SMILES string of the molecule is Nc1nc2cc(NCC3(c4cccc(Cl)c4)CCC3)ccn2n1. The second-order valence-corrected chi connectivity index (χ2v) is 6.62. The molecule has 1 aromatic carbocycles. The number of pyridine rings is 1. The van der Waals surface area contributed by atoms with Crippen molar-refractivity contribution in [3.05, 3.63) is 53.2 Å². The summed E-state index contributed by atoms with van der Waals surface area (Å²) in [5, 5.41) is 8.43. The number of nitrogen functional groups attached to an aromatic ring is 1. The minimum absolute atomic E-state index is 0.170. The average molecular weight is 328 g/mol. The lowest BCUT2D eigenvalue weighted by Crippen LogP contribution is -2.40. The topological polar surface area (TPSA) is 68.2 Å². The molecule has 0 amide bonds. The summed E-state index contributed by atoms with van der Waals surface area (Å²) >= 11 is 6.17. The van der Waals surface area contributed by atoms with Gasteiger partial charge in [0.05, 0.1) is 0 Å². The third kappa shape index (κ3) is 2.61. The smallest absolute Gasteiger partial charge is 0.240 e. The summed E-state index contributed by atoms with van der Waals surface area (Å²) in [6.45, 7) is 0.882. The van der Waals surface area contributed by atoms with Crippen molar-refractivity contribution in [2.24, 2.45) is 0 Å². The van der Waals surface area contributed by atoms with E-state index in [9.17, 15) is 0 Å². The van der Waals surface area contributed by atoms with Crippen LogP contribution in [0.3, 0.4) is 0 Å². The number of nitrogens with zero attached hydrogens (tertiary/aromatic N) is 3. The highest BCUT2D eigenvalue weighted by Crippen LogP contribution is 2.44. The Kier molecular flexibility index (Phi) is 3.38. The Morgan fingerprint density at radius 1 is 1.26 bits per heavy atom. The molecule has 2 heterocycles. The fraction of sp³-hybridized carbons (Fsp3) is 0.294. The van der Waals surface area contributed by atoms with E-state index in [1.54, 1.807) is 4.52 Å². The fourth-order valence-electron chi connectivity index (χ4n) is 3.27. The predicted octanol–water partition coefficient (Wildman–Crippen LogP) is 3.50. The van der Waals surface area contributed by atoms with Gasteiger partial charge in [0.15, 0.2) is 5.65 Å². The summed E-state index contributed by atoms with van der Waals surface area (Å²) in [5.41, 5.74) is 8.89. The summed E-state index contributed by atoms with van der Waals surface area (Å²) in [6.07, 6.45) is 5.49. The van der Waals surface area contributed by atoms with Gasteiger partial charge in [0.25, 0.3) is 0 Å². The molecule has 2 aromatic heterocycles. The van der Waals surface area contributed by atoms with Gasteiger partial charge in [0, 0.05) is 34.9 Å². The summed E-state index contributed by atoms with van der Waals surface area (Å²) in [7, 11) is 0. The van der Waals surface area contributed by atoms with Crippen LogP contribution >= 0.6 is 11.6 Å². The molecule has 0 unspecified atom stereocenters. The van der Waals surface area contributed by atoms with Crippen LogP contribution in [0.1, 0.15) is 24.8 Å². The number of hydrogen-bond acceptors (Lipinski definition) is 4. The molecular weight excluding hydrogens is 310 g/mol. The summed E-state index contributed by atoms with van der Waals surface area (Å²) in [4.78, 5) is 4.19. The molecule has 23 heavy (non-hydrogen) atoms. The van der Waals surface area contributed by atoms with Crippen molar-refractivity contribution in [2.45, 2.75) is 24.7 Å². The number of hydrogen-bond donors (Lipinski definition) is 2. The monoisotopic (exact) mass is 327 g/mol. The van der Waals surface area contributed by atoms with E-state index in [0.29, 0.717) is 0 Å². The van der Waals surface area contributed by atoms with Crippen molar-refractivity contribution in [3.8, 4) is 0 Å². The molecule has 5 nitrogen and oxygen atoms in total. The fourth-order valence-corrected chi connectivity index (χ4v) is 3.46. The lowest BCUT2D eigenvalue weighted by atomic mass is 9.64. The van der Waals surface area contributed by atoms with Crippen LogP contribution in [-0.2, 0) is 5.41 Å². The Morgan fingerprint density at radius 3 is 2.87 bits per heavy atom. The van der Waals surface area contributed by atoms with Crippen molar-refractivity contribution in [3.63, 3.8) is 0 Å². The zero-order valence-corrected chi connectivity index (χ0v) is 13.4. The molecule has 118 valence electrons. The molecule has 1 fully saturated rings. The van der Waals surface area contributed by atoms with Crippen LogP contribution in [0.15, 0.2) is 42.6 Å². The molecule has 0 saturated heterocycles. The average Bonchev–Trinajstić information content (AvgIpc) is 2.85. The van der Waals surface area contributed by atoms with Gasteiger partial charge >= 0.3 is 0 Å². The number of rotatable bonds is 4. The van der Waals surface area contributed by atoms with Crippen molar-refractivity contribution in [2.75, 3.05) is 17.6 Å². The molecule has 1 aliphatic carbocycles. The number of nitrogens with two attached hydrogens (primary N) is 1. The van der Waals surface area contributed by atoms with Crippen LogP contribution in [0.4, 0.5) is 11.6 Å². The van der Waals surface area contributed by atoms with Crippen LogP contribution in [0.2, 0.25) is 5.02 Å². The van der Waals surface area contributed by atoms with Gasteiger partial charge in [-0.3, -0.25) is 0 Å². The number of aromatic nitrogens is 3. The van der Waals surface area contributed by atoms with Crippen molar-refractivity contribution < 1.29 is 0 Å². The van der Waals surface area contributed by atoms with Crippen LogP contribution < -0.4 is 11.1 Å². The van der Waals surface area contributed by atoms with Gasteiger partial charge in [-0.15, -0.1) is 5.10 Å². The summed E-state index contributed by atoms with van der Waals surface area (Å²) in [6, 6.07) is 12.2. The van der Waals surface area contributed by atoms with E-state index >= 15 is 0 Å². The Hall–Kier alpha value is -2.27. The van der Waals surface area contributed by atoms with Crippen molar-refractivity contribution >= 4 is 28.9 Å². The van der Waals surface area contributed by atoms with Gasteiger partial charge in [-0.1, -0.05) is 30.2 Å². The Labute approximate surface area is 139 Å². The van der Waals surface area contributed by atoms with Crippen LogP contribution in [0.25, 0.3) is 5.65 Å². The Bertz CT molecular complexity index is 853. The molecule has 0 aliphatic heterocycles. The van der Waals surface area contributed by atoms with E-state index in [1.807, 2.05) is 30.5 Å². The van der Waals surface area contributed by atoms with E-state index in [1.165, 1.54) is 24.8 Å². The summed E-state index contributed by atoms with van der Waals surface area (Å²) < 4.78 is 1.68. The van der Waals surface area contributed by atoms with Gasteiger partial charge in [0.2, 0.25) is 5.95 Å². The number of halogens is 1. The Morgan fingerprint density at radius 2 is 2.13 bits per heavy atom. The van der Waals surface area contributed by atoms with Gasteiger partial charge in [0.1, 0.15) is 0 Å².